The number of hydrogen-bond acceptors (Lipinski definition) is 2. The molecule has 0 bridgehead atoms. The van der Waals surface area contributed by atoms with Crippen molar-refractivity contribution >= 4 is 0 Å². The summed E-state index contributed by atoms with van der Waals surface area (Å²) < 4.78 is 0. The van der Waals surface area contributed by atoms with Crippen LogP contribution in [0.25, 0.3) is 0 Å². The second-order valence-electron chi connectivity index (χ2n) is 5.88. The van der Waals surface area contributed by atoms with E-state index >= 15 is 0 Å². The molecule has 1 heterocycles. The average molecular weight is 210 g/mol. The third-order valence-electron chi connectivity index (χ3n) is 5.01. The van der Waals surface area contributed by atoms with Crippen LogP contribution in [0.5, 0.6) is 0 Å². The zero-order chi connectivity index (χ0) is 11.1. The minimum atomic E-state index is 0.424. The summed E-state index contributed by atoms with van der Waals surface area (Å²) in [4.78, 5) is 2.69. The number of likely N-dealkylation sites (tertiary alicyclic amines) is 1. The second kappa shape index (κ2) is 4.06. The van der Waals surface area contributed by atoms with Crippen molar-refractivity contribution in [3.05, 3.63) is 0 Å². The molecule has 2 rings (SSSR count). The topological polar surface area (TPSA) is 29.3 Å². The molecule has 0 aromatic heterocycles. The highest BCUT2D eigenvalue weighted by Crippen LogP contribution is 2.49. The van der Waals surface area contributed by atoms with E-state index in [1.807, 2.05) is 0 Å². The first-order chi connectivity index (χ1) is 7.08. The van der Waals surface area contributed by atoms with E-state index < -0.39 is 0 Å². The van der Waals surface area contributed by atoms with Gasteiger partial charge in [0.2, 0.25) is 0 Å². The fourth-order valence-electron chi connectivity index (χ4n) is 2.93. The lowest BCUT2D eigenvalue weighted by Gasteiger charge is -2.43. The van der Waals surface area contributed by atoms with E-state index in [9.17, 15) is 0 Å². The molecule has 2 nitrogen and oxygen atoms in total. The zero-order valence-electron chi connectivity index (χ0n) is 10.5. The fourth-order valence-corrected chi connectivity index (χ4v) is 2.93. The lowest BCUT2D eigenvalue weighted by atomic mass is 9.86. The molecule has 1 aliphatic carbocycles. The monoisotopic (exact) mass is 210 g/mol. The van der Waals surface area contributed by atoms with Crippen LogP contribution < -0.4 is 5.73 Å². The van der Waals surface area contributed by atoms with Gasteiger partial charge in [0.15, 0.2) is 0 Å². The highest BCUT2D eigenvalue weighted by Gasteiger charge is 2.44. The summed E-state index contributed by atoms with van der Waals surface area (Å²) >= 11 is 0. The Labute approximate surface area is 94.2 Å². The average Bonchev–Trinajstić information content (AvgIpc) is 3.00. The largest absolute Gasteiger partial charge is 0.327 e. The van der Waals surface area contributed by atoms with Gasteiger partial charge in [-0.2, -0.15) is 0 Å². The number of piperidine rings is 1. The summed E-state index contributed by atoms with van der Waals surface area (Å²) in [5, 5.41) is 0. The Hall–Kier alpha value is -0.0800. The highest BCUT2D eigenvalue weighted by molar-refractivity contribution is 4.97. The van der Waals surface area contributed by atoms with Crippen molar-refractivity contribution in [3.63, 3.8) is 0 Å². The van der Waals surface area contributed by atoms with Gasteiger partial charge in [-0.3, -0.25) is 4.90 Å². The SMILES string of the molecule is CCC1(CN2CCC(N)C(C)C2C)CC1. The summed E-state index contributed by atoms with van der Waals surface area (Å²) in [7, 11) is 0. The predicted molar refractivity (Wildman–Crippen MR) is 64.7 cm³/mol. The molecule has 1 aliphatic heterocycles. The molecule has 0 spiro atoms. The van der Waals surface area contributed by atoms with Crippen molar-refractivity contribution in [2.24, 2.45) is 17.1 Å². The van der Waals surface area contributed by atoms with Crippen LogP contribution in [0.1, 0.15) is 46.5 Å². The molecule has 1 saturated heterocycles. The van der Waals surface area contributed by atoms with E-state index in [4.69, 9.17) is 5.73 Å². The minimum absolute atomic E-state index is 0.424. The molecule has 0 amide bonds. The fraction of sp³-hybridized carbons (Fsp3) is 1.00. The Kier molecular flexibility index (Phi) is 3.09. The highest BCUT2D eigenvalue weighted by atomic mass is 15.2. The van der Waals surface area contributed by atoms with Crippen LogP contribution in [0.3, 0.4) is 0 Å². The van der Waals surface area contributed by atoms with Crippen LogP contribution in [0.4, 0.5) is 0 Å². The van der Waals surface area contributed by atoms with Gasteiger partial charge in [-0.05, 0) is 50.5 Å². The standard InChI is InChI=1S/C13H26N2/c1-4-13(6-7-13)9-15-8-5-12(14)10(2)11(15)3/h10-12H,4-9,14H2,1-3H3. The van der Waals surface area contributed by atoms with Crippen LogP contribution in [0.15, 0.2) is 0 Å². The first-order valence-electron chi connectivity index (χ1n) is 6.57. The van der Waals surface area contributed by atoms with Crippen molar-refractivity contribution in [2.75, 3.05) is 13.1 Å². The van der Waals surface area contributed by atoms with Gasteiger partial charge in [0.1, 0.15) is 0 Å². The Morgan fingerprint density at radius 2 is 2.00 bits per heavy atom. The molecule has 0 aromatic rings. The summed E-state index contributed by atoms with van der Waals surface area (Å²) in [5.41, 5.74) is 6.81. The van der Waals surface area contributed by atoms with E-state index in [-0.39, 0.29) is 0 Å². The van der Waals surface area contributed by atoms with Gasteiger partial charge in [0.25, 0.3) is 0 Å². The normalized spacial score (nSPS) is 40.4. The van der Waals surface area contributed by atoms with Gasteiger partial charge in [0, 0.05) is 18.6 Å². The van der Waals surface area contributed by atoms with E-state index in [2.05, 4.69) is 25.7 Å². The molecule has 3 unspecified atom stereocenters. The van der Waals surface area contributed by atoms with Gasteiger partial charge in [0.05, 0.1) is 0 Å². The molecular formula is C13H26N2. The maximum atomic E-state index is 6.12. The van der Waals surface area contributed by atoms with Crippen LogP contribution in [0.2, 0.25) is 0 Å². The minimum Gasteiger partial charge on any atom is -0.327 e. The molecule has 2 N–H and O–H groups in total. The van der Waals surface area contributed by atoms with Crippen LogP contribution in [-0.2, 0) is 0 Å². The van der Waals surface area contributed by atoms with Crippen molar-refractivity contribution in [2.45, 2.75) is 58.5 Å². The molecule has 3 atom stereocenters. The summed E-state index contributed by atoms with van der Waals surface area (Å²) in [6, 6.07) is 1.10. The second-order valence-corrected chi connectivity index (χ2v) is 5.88. The van der Waals surface area contributed by atoms with Gasteiger partial charge in [-0.1, -0.05) is 13.8 Å². The molecule has 15 heavy (non-hydrogen) atoms. The number of nitrogens with two attached hydrogens (primary N) is 1. The van der Waals surface area contributed by atoms with E-state index in [1.165, 1.54) is 38.8 Å². The molecule has 88 valence electrons. The Bertz CT molecular complexity index is 223. The first-order valence-corrected chi connectivity index (χ1v) is 6.57. The summed E-state index contributed by atoms with van der Waals surface area (Å²) in [6.45, 7) is 9.55. The number of rotatable bonds is 3. The molecule has 1 saturated carbocycles. The van der Waals surface area contributed by atoms with Gasteiger partial charge >= 0.3 is 0 Å². The number of nitrogens with zero attached hydrogens (tertiary/aromatic N) is 1. The Morgan fingerprint density at radius 1 is 1.33 bits per heavy atom. The first kappa shape index (κ1) is 11.4. The van der Waals surface area contributed by atoms with E-state index in [0.717, 1.165) is 0 Å². The van der Waals surface area contributed by atoms with Crippen LogP contribution in [0, 0.1) is 11.3 Å². The molecule has 0 radical (unpaired) electrons. The van der Waals surface area contributed by atoms with Crippen molar-refractivity contribution in [3.8, 4) is 0 Å². The van der Waals surface area contributed by atoms with Crippen molar-refractivity contribution < 1.29 is 0 Å². The summed E-state index contributed by atoms with van der Waals surface area (Å²) in [6.07, 6.45) is 5.45. The van der Waals surface area contributed by atoms with Crippen LogP contribution in [-0.4, -0.2) is 30.1 Å². The molecule has 2 heteroatoms. The van der Waals surface area contributed by atoms with E-state index in [0.29, 0.717) is 23.4 Å². The van der Waals surface area contributed by atoms with Crippen molar-refractivity contribution in [1.29, 1.82) is 0 Å². The third-order valence-corrected chi connectivity index (χ3v) is 5.01. The molecule has 2 aliphatic rings. The predicted octanol–water partition coefficient (Wildman–Crippen LogP) is 2.23. The van der Waals surface area contributed by atoms with Gasteiger partial charge < -0.3 is 5.73 Å². The Morgan fingerprint density at radius 3 is 2.53 bits per heavy atom. The maximum absolute atomic E-state index is 6.12. The number of hydrogen-bond donors (Lipinski definition) is 1. The molecule has 2 fully saturated rings. The zero-order valence-corrected chi connectivity index (χ0v) is 10.5. The quantitative estimate of drug-likeness (QED) is 0.774. The third kappa shape index (κ3) is 2.21. The van der Waals surface area contributed by atoms with Crippen LogP contribution >= 0.6 is 0 Å². The van der Waals surface area contributed by atoms with E-state index in [1.54, 1.807) is 0 Å². The van der Waals surface area contributed by atoms with Crippen molar-refractivity contribution in [1.82, 2.24) is 4.90 Å². The maximum Gasteiger partial charge on any atom is 0.0108 e. The van der Waals surface area contributed by atoms with Gasteiger partial charge in [-0.25, -0.2) is 0 Å². The molecular weight excluding hydrogens is 184 g/mol. The van der Waals surface area contributed by atoms with Gasteiger partial charge in [-0.15, -0.1) is 0 Å². The summed E-state index contributed by atoms with van der Waals surface area (Å²) in [5.74, 6) is 0.659. The lowest BCUT2D eigenvalue weighted by molar-refractivity contribution is 0.0757. The molecule has 0 aromatic carbocycles. The smallest absolute Gasteiger partial charge is 0.0108 e. The lowest BCUT2D eigenvalue weighted by Crippen LogP contribution is -2.53. The Balaban J connectivity index is 1.92.